The van der Waals surface area contributed by atoms with Gasteiger partial charge in [0.2, 0.25) is 0 Å². The molecule has 0 atom stereocenters. The van der Waals surface area contributed by atoms with Gasteiger partial charge in [-0.15, -0.1) is 21.5 Å². The van der Waals surface area contributed by atoms with E-state index in [1.54, 1.807) is 30.2 Å². The Hall–Kier alpha value is -2.64. The third kappa shape index (κ3) is 3.81. The Labute approximate surface area is 172 Å². The Morgan fingerprint density at radius 1 is 1.04 bits per heavy atom. The molecule has 2 aromatic heterocycles. The highest BCUT2D eigenvalue weighted by Crippen LogP contribution is 2.33. The maximum absolute atomic E-state index is 5.45. The van der Waals surface area contributed by atoms with Crippen LogP contribution < -0.4 is 4.74 Å². The van der Waals surface area contributed by atoms with E-state index < -0.39 is 0 Å². The standard InChI is InChI=1S/C21H20N4OS2/c1-3-25-19(15-9-5-4-6-10-15)23-24-21(25)28-14-16-13-27-20(22-16)17-11-7-8-12-18(17)26-2/h4-13H,3,14H2,1-2H3. The molecule has 0 amide bonds. The van der Waals surface area contributed by atoms with Crippen molar-refractivity contribution in [1.82, 2.24) is 19.7 Å². The van der Waals surface area contributed by atoms with Gasteiger partial charge in [-0.2, -0.15) is 0 Å². The molecule has 4 rings (SSSR count). The molecule has 0 bridgehead atoms. The molecule has 2 heterocycles. The van der Waals surface area contributed by atoms with Crippen LogP contribution in [0.4, 0.5) is 0 Å². The van der Waals surface area contributed by atoms with Crippen LogP contribution >= 0.6 is 23.1 Å². The maximum Gasteiger partial charge on any atom is 0.191 e. The average Bonchev–Trinajstić information content (AvgIpc) is 3.39. The molecule has 0 N–H and O–H groups in total. The van der Waals surface area contributed by atoms with Crippen LogP contribution in [0, 0.1) is 0 Å². The fraction of sp³-hybridized carbons (Fsp3) is 0.190. The van der Waals surface area contributed by atoms with E-state index in [0.717, 1.165) is 50.9 Å². The topological polar surface area (TPSA) is 52.8 Å². The van der Waals surface area contributed by atoms with Crippen molar-refractivity contribution in [2.75, 3.05) is 7.11 Å². The lowest BCUT2D eigenvalue weighted by molar-refractivity contribution is 0.416. The van der Waals surface area contributed by atoms with Gasteiger partial charge in [-0.1, -0.05) is 54.2 Å². The molecule has 4 aromatic rings. The highest BCUT2D eigenvalue weighted by atomic mass is 32.2. The molecule has 0 aliphatic rings. The Kier molecular flexibility index (Phi) is 5.73. The molecule has 2 aromatic carbocycles. The molecule has 28 heavy (non-hydrogen) atoms. The fourth-order valence-electron chi connectivity index (χ4n) is 2.94. The van der Waals surface area contributed by atoms with Crippen molar-refractivity contribution in [2.45, 2.75) is 24.4 Å². The Bertz CT molecular complexity index is 1060. The van der Waals surface area contributed by atoms with Gasteiger partial charge in [-0.05, 0) is 19.1 Å². The number of methoxy groups -OCH3 is 1. The molecule has 0 aliphatic heterocycles. The van der Waals surface area contributed by atoms with E-state index >= 15 is 0 Å². The quantitative estimate of drug-likeness (QED) is 0.384. The van der Waals surface area contributed by atoms with E-state index in [1.807, 2.05) is 42.5 Å². The monoisotopic (exact) mass is 408 g/mol. The van der Waals surface area contributed by atoms with Crippen molar-refractivity contribution < 1.29 is 4.74 Å². The minimum atomic E-state index is 0.749. The second-order valence-corrected chi connectivity index (χ2v) is 7.85. The molecule has 7 heteroatoms. The molecule has 0 fully saturated rings. The lowest BCUT2D eigenvalue weighted by Gasteiger charge is -2.06. The van der Waals surface area contributed by atoms with Crippen molar-refractivity contribution in [3.63, 3.8) is 0 Å². The first kappa shape index (κ1) is 18.7. The first-order valence-electron chi connectivity index (χ1n) is 8.99. The van der Waals surface area contributed by atoms with Crippen LogP contribution in [-0.2, 0) is 12.3 Å². The van der Waals surface area contributed by atoms with Gasteiger partial charge in [0.05, 0.1) is 18.4 Å². The van der Waals surface area contributed by atoms with E-state index in [2.05, 4.69) is 39.2 Å². The van der Waals surface area contributed by atoms with Crippen LogP contribution in [0.1, 0.15) is 12.6 Å². The molecule has 0 saturated heterocycles. The normalized spacial score (nSPS) is 10.9. The molecule has 5 nitrogen and oxygen atoms in total. The van der Waals surface area contributed by atoms with Crippen molar-refractivity contribution >= 4 is 23.1 Å². The number of benzene rings is 2. The maximum atomic E-state index is 5.45. The number of nitrogens with zero attached hydrogens (tertiary/aromatic N) is 4. The number of hydrogen-bond acceptors (Lipinski definition) is 6. The van der Waals surface area contributed by atoms with Crippen LogP contribution in [0.15, 0.2) is 65.1 Å². The Balaban J connectivity index is 1.52. The van der Waals surface area contributed by atoms with Gasteiger partial charge in [0.25, 0.3) is 0 Å². The zero-order valence-electron chi connectivity index (χ0n) is 15.7. The van der Waals surface area contributed by atoms with Crippen molar-refractivity contribution in [2.24, 2.45) is 0 Å². The summed E-state index contributed by atoms with van der Waals surface area (Å²) >= 11 is 3.29. The van der Waals surface area contributed by atoms with Crippen LogP contribution in [0.3, 0.4) is 0 Å². The summed E-state index contributed by atoms with van der Waals surface area (Å²) in [5, 5.41) is 12.8. The third-order valence-electron chi connectivity index (χ3n) is 4.30. The smallest absolute Gasteiger partial charge is 0.191 e. The number of thiazole rings is 1. The lowest BCUT2D eigenvalue weighted by atomic mass is 10.2. The fourth-order valence-corrected chi connectivity index (χ4v) is 4.79. The van der Waals surface area contributed by atoms with E-state index in [-0.39, 0.29) is 0 Å². The highest BCUT2D eigenvalue weighted by molar-refractivity contribution is 7.98. The number of rotatable bonds is 7. The summed E-state index contributed by atoms with van der Waals surface area (Å²) in [5.41, 5.74) is 3.13. The molecule has 0 saturated carbocycles. The Morgan fingerprint density at radius 2 is 1.82 bits per heavy atom. The number of thioether (sulfide) groups is 1. The minimum Gasteiger partial charge on any atom is -0.496 e. The summed E-state index contributed by atoms with van der Waals surface area (Å²) in [5.74, 6) is 2.49. The summed E-state index contributed by atoms with van der Waals surface area (Å²) in [6, 6.07) is 18.1. The SMILES string of the molecule is CCn1c(SCc2csc(-c3ccccc3OC)n2)nnc1-c1ccccc1. The zero-order valence-corrected chi connectivity index (χ0v) is 17.3. The second-order valence-electron chi connectivity index (χ2n) is 6.05. The molecule has 0 spiro atoms. The molecule has 0 aliphatic carbocycles. The lowest BCUT2D eigenvalue weighted by Crippen LogP contribution is -1.99. The summed E-state index contributed by atoms with van der Waals surface area (Å²) in [7, 11) is 1.69. The minimum absolute atomic E-state index is 0.749. The number of para-hydroxylation sites is 1. The molecule has 0 radical (unpaired) electrons. The van der Waals surface area contributed by atoms with Crippen molar-refractivity contribution in [3.05, 3.63) is 65.7 Å². The first-order valence-corrected chi connectivity index (χ1v) is 10.9. The van der Waals surface area contributed by atoms with Crippen LogP contribution in [0.2, 0.25) is 0 Å². The van der Waals surface area contributed by atoms with Crippen LogP contribution in [0.5, 0.6) is 5.75 Å². The second kappa shape index (κ2) is 8.58. The number of hydrogen-bond donors (Lipinski definition) is 0. The molecular weight excluding hydrogens is 388 g/mol. The van der Waals surface area contributed by atoms with Gasteiger partial charge in [0, 0.05) is 23.2 Å². The summed E-state index contributed by atoms with van der Waals surface area (Å²) < 4.78 is 7.60. The van der Waals surface area contributed by atoms with Crippen molar-refractivity contribution in [3.8, 4) is 27.7 Å². The van der Waals surface area contributed by atoms with Gasteiger partial charge in [-0.25, -0.2) is 4.98 Å². The molecule has 0 unspecified atom stereocenters. The predicted octanol–water partition coefficient (Wildman–Crippen LogP) is 5.39. The van der Waals surface area contributed by atoms with E-state index in [9.17, 15) is 0 Å². The largest absolute Gasteiger partial charge is 0.496 e. The van der Waals surface area contributed by atoms with Crippen LogP contribution in [-0.4, -0.2) is 26.9 Å². The predicted molar refractivity (Wildman–Crippen MR) is 115 cm³/mol. The zero-order chi connectivity index (χ0) is 19.3. The van der Waals surface area contributed by atoms with Gasteiger partial charge in [0.1, 0.15) is 10.8 Å². The van der Waals surface area contributed by atoms with E-state index in [1.165, 1.54) is 0 Å². The van der Waals surface area contributed by atoms with Gasteiger partial charge in [-0.3, -0.25) is 0 Å². The van der Waals surface area contributed by atoms with Gasteiger partial charge in [0.15, 0.2) is 11.0 Å². The number of aromatic nitrogens is 4. The van der Waals surface area contributed by atoms with E-state index in [0.29, 0.717) is 0 Å². The third-order valence-corrected chi connectivity index (χ3v) is 6.23. The number of ether oxygens (including phenoxy) is 1. The van der Waals surface area contributed by atoms with Gasteiger partial charge >= 0.3 is 0 Å². The summed E-state index contributed by atoms with van der Waals surface area (Å²) in [6.45, 7) is 2.94. The Morgan fingerprint density at radius 3 is 2.61 bits per heavy atom. The molecule has 142 valence electrons. The van der Waals surface area contributed by atoms with E-state index in [4.69, 9.17) is 9.72 Å². The van der Waals surface area contributed by atoms with Crippen LogP contribution in [0.25, 0.3) is 22.0 Å². The summed E-state index contributed by atoms with van der Waals surface area (Å²) in [6.07, 6.45) is 0. The van der Waals surface area contributed by atoms with Crippen molar-refractivity contribution in [1.29, 1.82) is 0 Å². The summed E-state index contributed by atoms with van der Waals surface area (Å²) in [4.78, 5) is 4.78. The highest BCUT2D eigenvalue weighted by Gasteiger charge is 2.14. The average molecular weight is 409 g/mol. The first-order chi connectivity index (χ1) is 13.8. The van der Waals surface area contributed by atoms with Gasteiger partial charge < -0.3 is 9.30 Å². The molecular formula is C21H20N4OS2.